The van der Waals surface area contributed by atoms with Gasteiger partial charge < -0.3 is 9.84 Å². The number of nitriles is 1. The first-order valence-corrected chi connectivity index (χ1v) is 5.65. The van der Waals surface area contributed by atoms with E-state index in [0.717, 1.165) is 5.56 Å². The van der Waals surface area contributed by atoms with Gasteiger partial charge >= 0.3 is 0 Å². The second-order valence-corrected chi connectivity index (χ2v) is 3.99. The summed E-state index contributed by atoms with van der Waals surface area (Å²) in [5, 5.41) is 18.2. The van der Waals surface area contributed by atoms with Gasteiger partial charge in [0.05, 0.1) is 17.7 Å². The fraction of sp³-hybridized carbons (Fsp3) is 0.133. The van der Waals surface area contributed by atoms with Crippen molar-refractivity contribution in [3.63, 3.8) is 0 Å². The van der Waals surface area contributed by atoms with Gasteiger partial charge in [-0.25, -0.2) is 0 Å². The lowest BCUT2D eigenvalue weighted by Crippen LogP contribution is -1.91. The second-order valence-electron chi connectivity index (χ2n) is 3.99. The van der Waals surface area contributed by atoms with E-state index in [1.807, 2.05) is 12.1 Å². The molecule has 0 fully saturated rings. The van der Waals surface area contributed by atoms with E-state index in [2.05, 4.69) is 6.07 Å². The van der Waals surface area contributed by atoms with E-state index in [0.29, 0.717) is 17.1 Å². The first-order valence-electron chi connectivity index (χ1n) is 5.65. The molecule has 2 rings (SSSR count). The normalized spacial score (nSPS) is 11.6. The van der Waals surface area contributed by atoms with E-state index in [9.17, 15) is 5.11 Å². The standard InChI is InChI=1S/C15H13NO2/c1-11(17)13-5-7-14(8-6-13)18-15-4-2-3-12(9-15)10-16/h2-9,11,17H,1H3/t11-/m1/s1. The summed E-state index contributed by atoms with van der Waals surface area (Å²) in [5.41, 5.74) is 1.40. The maximum absolute atomic E-state index is 9.40. The summed E-state index contributed by atoms with van der Waals surface area (Å²) in [6.45, 7) is 1.71. The molecule has 0 saturated carbocycles. The van der Waals surface area contributed by atoms with Crippen LogP contribution in [0.2, 0.25) is 0 Å². The molecule has 0 aliphatic carbocycles. The third-order valence-electron chi connectivity index (χ3n) is 2.56. The maximum atomic E-state index is 9.40. The minimum absolute atomic E-state index is 0.485. The Balaban J connectivity index is 2.16. The van der Waals surface area contributed by atoms with Gasteiger partial charge in [0.1, 0.15) is 11.5 Å². The molecular formula is C15H13NO2. The van der Waals surface area contributed by atoms with Gasteiger partial charge in [0.15, 0.2) is 0 Å². The van der Waals surface area contributed by atoms with Gasteiger partial charge in [0.25, 0.3) is 0 Å². The highest BCUT2D eigenvalue weighted by Gasteiger charge is 2.02. The van der Waals surface area contributed by atoms with Crippen molar-refractivity contribution in [3.05, 3.63) is 59.7 Å². The van der Waals surface area contributed by atoms with Crippen molar-refractivity contribution in [1.82, 2.24) is 0 Å². The topological polar surface area (TPSA) is 53.2 Å². The van der Waals surface area contributed by atoms with Crippen molar-refractivity contribution in [2.45, 2.75) is 13.0 Å². The van der Waals surface area contributed by atoms with Crippen LogP contribution in [0.1, 0.15) is 24.2 Å². The van der Waals surface area contributed by atoms with Crippen LogP contribution < -0.4 is 4.74 Å². The van der Waals surface area contributed by atoms with Crippen LogP contribution in [-0.2, 0) is 0 Å². The Morgan fingerprint density at radius 2 is 1.83 bits per heavy atom. The highest BCUT2D eigenvalue weighted by Crippen LogP contribution is 2.23. The SMILES string of the molecule is C[C@@H](O)c1ccc(Oc2cccc(C#N)c2)cc1. The van der Waals surface area contributed by atoms with Crippen LogP contribution in [0, 0.1) is 11.3 Å². The Labute approximate surface area is 106 Å². The zero-order valence-corrected chi connectivity index (χ0v) is 10.00. The molecule has 18 heavy (non-hydrogen) atoms. The smallest absolute Gasteiger partial charge is 0.128 e. The molecule has 3 nitrogen and oxygen atoms in total. The van der Waals surface area contributed by atoms with Crippen LogP contribution in [0.4, 0.5) is 0 Å². The fourth-order valence-corrected chi connectivity index (χ4v) is 1.58. The molecule has 0 bridgehead atoms. The molecule has 3 heteroatoms. The Morgan fingerprint density at radius 3 is 2.44 bits per heavy atom. The monoisotopic (exact) mass is 239 g/mol. The summed E-state index contributed by atoms with van der Waals surface area (Å²) >= 11 is 0. The molecule has 0 aliphatic rings. The predicted molar refractivity (Wildman–Crippen MR) is 68.3 cm³/mol. The number of rotatable bonds is 3. The summed E-state index contributed by atoms with van der Waals surface area (Å²) < 4.78 is 5.62. The lowest BCUT2D eigenvalue weighted by atomic mass is 10.1. The van der Waals surface area contributed by atoms with E-state index in [1.165, 1.54) is 0 Å². The molecule has 90 valence electrons. The molecule has 2 aromatic carbocycles. The summed E-state index contributed by atoms with van der Waals surface area (Å²) in [6.07, 6.45) is -0.485. The van der Waals surface area contributed by atoms with Gasteiger partial charge in [0, 0.05) is 0 Å². The number of hydrogen-bond acceptors (Lipinski definition) is 3. The van der Waals surface area contributed by atoms with Crippen molar-refractivity contribution in [2.24, 2.45) is 0 Å². The molecule has 0 radical (unpaired) electrons. The third-order valence-corrected chi connectivity index (χ3v) is 2.56. The van der Waals surface area contributed by atoms with Crippen LogP contribution in [0.15, 0.2) is 48.5 Å². The Kier molecular flexibility index (Phi) is 3.61. The Hall–Kier alpha value is -2.31. The zero-order valence-electron chi connectivity index (χ0n) is 10.00. The van der Waals surface area contributed by atoms with Gasteiger partial charge in [-0.1, -0.05) is 18.2 Å². The van der Waals surface area contributed by atoms with E-state index >= 15 is 0 Å². The lowest BCUT2D eigenvalue weighted by molar-refractivity contribution is 0.199. The molecule has 0 unspecified atom stereocenters. The number of aliphatic hydroxyl groups excluding tert-OH is 1. The van der Waals surface area contributed by atoms with Gasteiger partial charge in [0.2, 0.25) is 0 Å². The van der Waals surface area contributed by atoms with E-state index in [4.69, 9.17) is 10.00 Å². The molecule has 2 aromatic rings. The quantitative estimate of drug-likeness (QED) is 0.893. The number of benzene rings is 2. The average Bonchev–Trinajstić information content (AvgIpc) is 2.39. The number of aliphatic hydroxyl groups is 1. The molecular weight excluding hydrogens is 226 g/mol. The molecule has 0 aromatic heterocycles. The van der Waals surface area contributed by atoms with E-state index in [-0.39, 0.29) is 0 Å². The largest absolute Gasteiger partial charge is 0.457 e. The lowest BCUT2D eigenvalue weighted by Gasteiger charge is -2.08. The summed E-state index contributed by atoms with van der Waals surface area (Å²) in [4.78, 5) is 0. The summed E-state index contributed by atoms with van der Waals surface area (Å²) in [7, 11) is 0. The molecule has 0 saturated heterocycles. The van der Waals surface area contributed by atoms with Crippen molar-refractivity contribution in [1.29, 1.82) is 5.26 Å². The molecule has 0 spiro atoms. The molecule has 0 amide bonds. The van der Waals surface area contributed by atoms with Crippen molar-refractivity contribution < 1.29 is 9.84 Å². The van der Waals surface area contributed by atoms with Crippen LogP contribution in [0.3, 0.4) is 0 Å². The highest BCUT2D eigenvalue weighted by atomic mass is 16.5. The molecule has 1 atom stereocenters. The number of hydrogen-bond donors (Lipinski definition) is 1. The minimum Gasteiger partial charge on any atom is -0.457 e. The predicted octanol–water partition coefficient (Wildman–Crippen LogP) is 3.40. The molecule has 0 aliphatic heterocycles. The number of nitrogens with zero attached hydrogens (tertiary/aromatic N) is 1. The summed E-state index contributed by atoms with van der Waals surface area (Å²) in [5.74, 6) is 1.30. The minimum atomic E-state index is -0.485. The first-order chi connectivity index (χ1) is 8.69. The van der Waals surface area contributed by atoms with Gasteiger partial charge in [-0.3, -0.25) is 0 Å². The fourth-order valence-electron chi connectivity index (χ4n) is 1.58. The third kappa shape index (κ3) is 2.88. The van der Waals surface area contributed by atoms with Crippen LogP contribution in [-0.4, -0.2) is 5.11 Å². The maximum Gasteiger partial charge on any atom is 0.128 e. The molecule has 0 heterocycles. The summed E-state index contributed by atoms with van der Waals surface area (Å²) in [6, 6.07) is 16.3. The second kappa shape index (κ2) is 5.35. The zero-order chi connectivity index (χ0) is 13.0. The van der Waals surface area contributed by atoms with Gasteiger partial charge in [-0.2, -0.15) is 5.26 Å². The van der Waals surface area contributed by atoms with Crippen LogP contribution >= 0.6 is 0 Å². The Morgan fingerprint density at radius 1 is 1.11 bits per heavy atom. The van der Waals surface area contributed by atoms with Gasteiger partial charge in [-0.05, 0) is 42.8 Å². The van der Waals surface area contributed by atoms with Crippen molar-refractivity contribution in [2.75, 3.05) is 0 Å². The average molecular weight is 239 g/mol. The van der Waals surface area contributed by atoms with E-state index in [1.54, 1.807) is 43.3 Å². The Bertz CT molecular complexity index is 568. The van der Waals surface area contributed by atoms with Crippen molar-refractivity contribution in [3.8, 4) is 17.6 Å². The van der Waals surface area contributed by atoms with Crippen molar-refractivity contribution >= 4 is 0 Å². The highest BCUT2D eigenvalue weighted by molar-refractivity contribution is 5.39. The van der Waals surface area contributed by atoms with Crippen LogP contribution in [0.5, 0.6) is 11.5 Å². The van der Waals surface area contributed by atoms with E-state index < -0.39 is 6.10 Å². The first kappa shape index (κ1) is 12.2. The van der Waals surface area contributed by atoms with Gasteiger partial charge in [-0.15, -0.1) is 0 Å². The molecule has 1 N–H and O–H groups in total. The van der Waals surface area contributed by atoms with Crippen LogP contribution in [0.25, 0.3) is 0 Å². The number of ether oxygens (including phenoxy) is 1.